The van der Waals surface area contributed by atoms with Crippen LogP contribution in [0, 0.1) is 5.92 Å². The molecule has 190 valence electrons. The number of esters is 1. The Labute approximate surface area is 197 Å². The largest absolute Gasteiger partial charge is 0.513 e. The molecule has 0 spiro atoms. The number of nitrogens with two attached hydrogens (primary N) is 1. The molecule has 0 radical (unpaired) electrons. The van der Waals surface area contributed by atoms with Gasteiger partial charge in [-0.2, -0.15) is 0 Å². The molecule has 0 aliphatic rings. The molecule has 1 aromatic rings. The van der Waals surface area contributed by atoms with E-state index in [9.17, 15) is 19.2 Å². The van der Waals surface area contributed by atoms with Gasteiger partial charge in [0.05, 0.1) is 14.2 Å². The first-order valence-corrected chi connectivity index (χ1v) is 10.4. The first-order valence-electron chi connectivity index (χ1n) is 10.4. The van der Waals surface area contributed by atoms with Gasteiger partial charge in [-0.1, -0.05) is 19.9 Å². The van der Waals surface area contributed by atoms with E-state index in [1.807, 2.05) is 13.8 Å². The molecular weight excluding hydrogens is 454 g/mol. The number of hydrogen-bond donors (Lipinski definition) is 1. The van der Waals surface area contributed by atoms with Gasteiger partial charge in [0.1, 0.15) is 24.9 Å². The molecule has 0 aliphatic carbocycles. The Balaban J connectivity index is 2.69. The monoisotopic (exact) mass is 485 g/mol. The van der Waals surface area contributed by atoms with Gasteiger partial charge < -0.3 is 38.9 Å². The maximum absolute atomic E-state index is 12.3. The number of ether oxygens (including phenoxy) is 7. The Bertz CT molecular complexity index is 855. The molecule has 0 saturated heterocycles. The lowest BCUT2D eigenvalue weighted by molar-refractivity contribution is -0.148. The molecule has 2 N–H and O–H groups in total. The first-order chi connectivity index (χ1) is 16.0. The second-order valence-corrected chi connectivity index (χ2v) is 7.58. The van der Waals surface area contributed by atoms with Gasteiger partial charge in [-0.25, -0.2) is 14.4 Å². The van der Waals surface area contributed by atoms with Crippen molar-refractivity contribution < 1.29 is 52.3 Å². The summed E-state index contributed by atoms with van der Waals surface area (Å²) in [6.45, 7) is 6.85. The Morgan fingerprint density at radius 3 is 2.00 bits per heavy atom. The van der Waals surface area contributed by atoms with Crippen LogP contribution in [0.5, 0.6) is 11.5 Å². The second kappa shape index (κ2) is 13.9. The van der Waals surface area contributed by atoms with Gasteiger partial charge in [0.15, 0.2) is 11.5 Å². The smallest absolute Gasteiger partial charge is 0.461 e. The summed E-state index contributed by atoms with van der Waals surface area (Å²) in [4.78, 5) is 46.9. The molecule has 0 amide bonds. The molecule has 12 heteroatoms. The highest BCUT2D eigenvalue weighted by Gasteiger charge is 2.22. The number of rotatable bonds is 10. The molecule has 1 rings (SSSR count). The molecule has 0 bridgehead atoms. The van der Waals surface area contributed by atoms with Crippen LogP contribution >= 0.6 is 0 Å². The van der Waals surface area contributed by atoms with Crippen molar-refractivity contribution >= 4 is 24.4 Å². The van der Waals surface area contributed by atoms with E-state index in [1.54, 1.807) is 6.92 Å². The van der Waals surface area contributed by atoms with E-state index in [0.717, 1.165) is 14.2 Å². The lowest BCUT2D eigenvalue weighted by Gasteiger charge is -2.19. The van der Waals surface area contributed by atoms with Gasteiger partial charge in [0, 0.05) is 0 Å². The van der Waals surface area contributed by atoms with Gasteiger partial charge in [-0.15, -0.1) is 0 Å². The summed E-state index contributed by atoms with van der Waals surface area (Å²) in [6, 6.07) is 3.11. The van der Waals surface area contributed by atoms with Gasteiger partial charge in [-0.05, 0) is 43.9 Å². The molecule has 3 atom stereocenters. The van der Waals surface area contributed by atoms with Crippen molar-refractivity contribution in [1.82, 2.24) is 0 Å². The van der Waals surface area contributed by atoms with Crippen LogP contribution in [0.1, 0.15) is 33.3 Å². The normalized spacial score (nSPS) is 13.2. The van der Waals surface area contributed by atoms with Crippen LogP contribution < -0.4 is 15.2 Å². The zero-order chi connectivity index (χ0) is 25.8. The summed E-state index contributed by atoms with van der Waals surface area (Å²) in [5.74, 6) is -0.878. The maximum Gasteiger partial charge on any atom is 0.513 e. The van der Waals surface area contributed by atoms with Gasteiger partial charge >= 0.3 is 24.4 Å². The van der Waals surface area contributed by atoms with Crippen LogP contribution in [0.25, 0.3) is 0 Å². The average Bonchev–Trinajstić information content (AvgIpc) is 2.78. The van der Waals surface area contributed by atoms with Gasteiger partial charge in [0.2, 0.25) is 0 Å². The summed E-state index contributed by atoms with van der Waals surface area (Å²) in [7, 11) is 2.22. The minimum Gasteiger partial charge on any atom is -0.461 e. The fourth-order valence-corrected chi connectivity index (χ4v) is 2.26. The third-order valence-corrected chi connectivity index (χ3v) is 4.47. The molecule has 12 nitrogen and oxygen atoms in total. The summed E-state index contributed by atoms with van der Waals surface area (Å²) < 4.78 is 34.0. The molecule has 0 aromatic heterocycles. The predicted octanol–water partition coefficient (Wildman–Crippen LogP) is 2.98. The molecule has 1 unspecified atom stereocenters. The lowest BCUT2D eigenvalue weighted by atomic mass is 10.1. The summed E-state index contributed by atoms with van der Waals surface area (Å²) >= 11 is 0. The fourth-order valence-electron chi connectivity index (χ4n) is 2.26. The minimum absolute atomic E-state index is 0.00193. The quantitative estimate of drug-likeness (QED) is 0.294. The Morgan fingerprint density at radius 1 is 0.853 bits per heavy atom. The minimum atomic E-state index is -1.08. The van der Waals surface area contributed by atoms with E-state index in [1.165, 1.54) is 25.1 Å². The highest BCUT2D eigenvalue weighted by atomic mass is 16.7. The standard InChI is InChI=1S/C22H31NO11/c1-12(2)14(4)32-22(27)31-13(3)11-30-19(24)16(23)9-15-7-8-17(33-20(25)28-5)18(10-15)34-21(26)29-6/h7-8,10,12-14,16H,9,11,23H2,1-6H3/t13-,14?,16-/m0/s1. The lowest BCUT2D eigenvalue weighted by Crippen LogP contribution is -2.36. The third kappa shape index (κ3) is 9.94. The Kier molecular flexibility index (Phi) is 11.6. The number of benzene rings is 1. The van der Waals surface area contributed by atoms with E-state index in [0.29, 0.717) is 5.56 Å². The molecule has 34 heavy (non-hydrogen) atoms. The van der Waals surface area contributed by atoms with Crippen molar-refractivity contribution in [3.05, 3.63) is 23.8 Å². The number of carbonyl (C=O) groups excluding carboxylic acids is 4. The van der Waals surface area contributed by atoms with Crippen molar-refractivity contribution in [1.29, 1.82) is 0 Å². The van der Waals surface area contributed by atoms with Gasteiger partial charge in [0.25, 0.3) is 0 Å². The van der Waals surface area contributed by atoms with Crippen molar-refractivity contribution in [3.63, 3.8) is 0 Å². The van der Waals surface area contributed by atoms with E-state index in [2.05, 4.69) is 9.47 Å². The van der Waals surface area contributed by atoms with Crippen molar-refractivity contribution in [3.8, 4) is 11.5 Å². The molecular formula is C22H31NO11. The zero-order valence-electron chi connectivity index (χ0n) is 20.0. The fraction of sp³-hybridized carbons (Fsp3) is 0.545. The predicted molar refractivity (Wildman–Crippen MR) is 116 cm³/mol. The van der Waals surface area contributed by atoms with Crippen LogP contribution in [0.2, 0.25) is 0 Å². The molecule has 0 heterocycles. The van der Waals surface area contributed by atoms with Crippen LogP contribution in [0.15, 0.2) is 18.2 Å². The first kappa shape index (κ1) is 28.5. The Hall–Kier alpha value is -3.54. The zero-order valence-corrected chi connectivity index (χ0v) is 20.0. The Morgan fingerprint density at radius 2 is 1.44 bits per heavy atom. The molecule has 0 aliphatic heterocycles. The highest BCUT2D eigenvalue weighted by Crippen LogP contribution is 2.29. The molecule has 1 aromatic carbocycles. The van der Waals surface area contributed by atoms with E-state index in [4.69, 9.17) is 29.4 Å². The van der Waals surface area contributed by atoms with Gasteiger partial charge in [-0.3, -0.25) is 4.79 Å². The van der Waals surface area contributed by atoms with Crippen molar-refractivity contribution in [2.75, 3.05) is 20.8 Å². The van der Waals surface area contributed by atoms with Crippen LogP contribution in [0.3, 0.4) is 0 Å². The van der Waals surface area contributed by atoms with Crippen molar-refractivity contribution in [2.45, 2.75) is 52.4 Å². The average molecular weight is 485 g/mol. The van der Waals surface area contributed by atoms with Crippen LogP contribution in [-0.4, -0.2) is 63.5 Å². The number of hydrogen-bond acceptors (Lipinski definition) is 12. The number of methoxy groups -OCH3 is 2. The summed E-state index contributed by atoms with van der Waals surface area (Å²) in [6.07, 6.45) is -4.02. The van der Waals surface area contributed by atoms with E-state index in [-0.39, 0.29) is 36.5 Å². The molecule has 0 saturated carbocycles. The molecule has 0 fully saturated rings. The SMILES string of the molecule is COC(=O)Oc1ccc(C[C@H](N)C(=O)OC[C@H](C)OC(=O)OC(C)C(C)C)cc1OC(=O)OC. The third-order valence-electron chi connectivity index (χ3n) is 4.47. The number of carbonyl (C=O) groups is 4. The van der Waals surface area contributed by atoms with Crippen LogP contribution in [-0.2, 0) is 34.9 Å². The highest BCUT2D eigenvalue weighted by molar-refractivity contribution is 5.76. The second-order valence-electron chi connectivity index (χ2n) is 7.58. The summed E-state index contributed by atoms with van der Waals surface area (Å²) in [5.41, 5.74) is 6.38. The topological polar surface area (TPSA) is 159 Å². The summed E-state index contributed by atoms with van der Waals surface area (Å²) in [5, 5.41) is 0. The van der Waals surface area contributed by atoms with Crippen LogP contribution in [0.4, 0.5) is 14.4 Å². The maximum atomic E-state index is 12.3. The van der Waals surface area contributed by atoms with Crippen molar-refractivity contribution in [2.24, 2.45) is 11.7 Å². The van der Waals surface area contributed by atoms with E-state index < -0.39 is 36.6 Å². The van der Waals surface area contributed by atoms with E-state index >= 15 is 0 Å².